The Morgan fingerprint density at radius 3 is 2.77 bits per heavy atom. The van der Waals surface area contributed by atoms with E-state index in [0.29, 0.717) is 0 Å². The molecule has 1 saturated heterocycles. The fourth-order valence-electron chi connectivity index (χ4n) is 3.30. The third kappa shape index (κ3) is 3.19. The van der Waals surface area contributed by atoms with Crippen molar-refractivity contribution in [2.24, 2.45) is 0 Å². The van der Waals surface area contributed by atoms with Crippen LogP contribution in [0.3, 0.4) is 0 Å². The number of ether oxygens (including phenoxy) is 2. The van der Waals surface area contributed by atoms with Gasteiger partial charge in [0.1, 0.15) is 6.10 Å². The largest absolute Gasteiger partial charge is 0.465 e. The van der Waals surface area contributed by atoms with Crippen molar-refractivity contribution < 1.29 is 28.7 Å². The van der Waals surface area contributed by atoms with Crippen molar-refractivity contribution in [3.63, 3.8) is 0 Å². The van der Waals surface area contributed by atoms with Gasteiger partial charge in [0.05, 0.1) is 30.4 Å². The number of allylic oxidation sites excluding steroid dienone is 1. The minimum Gasteiger partial charge on any atom is -0.465 e. The van der Waals surface area contributed by atoms with Crippen LogP contribution < -0.4 is 15.0 Å². The Hall–Kier alpha value is -4.02. The molecule has 11 nitrogen and oxygen atoms in total. The predicted octanol–water partition coefficient (Wildman–Crippen LogP) is 0.560. The van der Waals surface area contributed by atoms with Crippen LogP contribution in [0.5, 0.6) is 5.88 Å². The summed E-state index contributed by atoms with van der Waals surface area (Å²) in [6.07, 6.45) is 4.38. The Kier molecular flexibility index (Phi) is 4.78. The Morgan fingerprint density at radius 2 is 2.03 bits per heavy atom. The number of hydrogen-bond acceptors (Lipinski definition) is 8. The molecule has 0 spiro atoms. The maximum Gasteiger partial charge on any atom is 0.416 e. The fourth-order valence-corrected chi connectivity index (χ4v) is 3.30. The van der Waals surface area contributed by atoms with Gasteiger partial charge in [0.2, 0.25) is 0 Å². The standard InChI is InChI=1S/C19H17N5O6/c1-3-5-12-11(4-2)17(26)24(18(12)27)8-10-7-23(19(28)30-10)13-6-20-16-15(21-13)22-14(25)9-29-16/h3-6,10H,2,7-9H2,1H3,(H,21,22,25)/b5-3-. The van der Waals surface area contributed by atoms with Crippen molar-refractivity contribution in [1.82, 2.24) is 14.9 Å². The molecule has 0 aliphatic carbocycles. The van der Waals surface area contributed by atoms with Crippen LogP contribution in [0.15, 0.2) is 42.2 Å². The minimum atomic E-state index is -0.759. The average molecular weight is 411 g/mol. The third-order valence-corrected chi connectivity index (χ3v) is 4.64. The highest BCUT2D eigenvalue weighted by molar-refractivity contribution is 6.22. The van der Waals surface area contributed by atoms with Crippen LogP contribution in [0.1, 0.15) is 6.92 Å². The number of anilines is 2. The van der Waals surface area contributed by atoms with Crippen molar-refractivity contribution in [1.29, 1.82) is 0 Å². The van der Waals surface area contributed by atoms with Crippen molar-refractivity contribution >= 4 is 35.5 Å². The summed E-state index contributed by atoms with van der Waals surface area (Å²) in [5, 5.41) is 2.51. The first-order chi connectivity index (χ1) is 14.4. The number of amides is 4. The molecule has 30 heavy (non-hydrogen) atoms. The van der Waals surface area contributed by atoms with Crippen molar-refractivity contribution in [2.75, 3.05) is 29.9 Å². The van der Waals surface area contributed by atoms with E-state index in [2.05, 4.69) is 21.9 Å². The number of aromatic nitrogens is 2. The van der Waals surface area contributed by atoms with Gasteiger partial charge in [0.15, 0.2) is 18.2 Å². The molecule has 1 atom stereocenters. The highest BCUT2D eigenvalue weighted by Gasteiger charge is 2.41. The van der Waals surface area contributed by atoms with E-state index < -0.39 is 24.0 Å². The van der Waals surface area contributed by atoms with Gasteiger partial charge in [0.25, 0.3) is 23.6 Å². The van der Waals surface area contributed by atoms with Crippen LogP contribution in [0.4, 0.5) is 16.4 Å². The summed E-state index contributed by atoms with van der Waals surface area (Å²) in [5.41, 5.74) is 0.450. The first-order valence-corrected chi connectivity index (χ1v) is 9.06. The molecule has 11 heteroatoms. The maximum atomic E-state index is 12.6. The first kappa shape index (κ1) is 19.3. The van der Waals surface area contributed by atoms with E-state index in [0.717, 1.165) is 4.90 Å². The molecule has 1 unspecified atom stereocenters. The molecule has 3 aliphatic rings. The zero-order valence-electron chi connectivity index (χ0n) is 16.0. The predicted molar refractivity (Wildman–Crippen MR) is 103 cm³/mol. The summed E-state index contributed by atoms with van der Waals surface area (Å²) in [7, 11) is 0. The molecule has 154 valence electrons. The van der Waals surface area contributed by atoms with Gasteiger partial charge in [-0.1, -0.05) is 24.8 Å². The van der Waals surface area contributed by atoms with E-state index >= 15 is 0 Å². The number of imide groups is 1. The molecule has 1 fully saturated rings. The second kappa shape index (κ2) is 7.43. The zero-order valence-corrected chi connectivity index (χ0v) is 16.0. The topological polar surface area (TPSA) is 131 Å². The molecule has 4 heterocycles. The van der Waals surface area contributed by atoms with E-state index in [1.165, 1.54) is 17.2 Å². The molecule has 1 aromatic rings. The molecular formula is C19H17N5O6. The van der Waals surface area contributed by atoms with Crippen LogP contribution >= 0.6 is 0 Å². The number of fused-ring (bicyclic) bond motifs is 1. The number of nitrogens with one attached hydrogen (secondary N) is 1. The first-order valence-electron chi connectivity index (χ1n) is 9.06. The molecule has 3 aliphatic heterocycles. The zero-order chi connectivity index (χ0) is 21.4. The van der Waals surface area contributed by atoms with Crippen LogP contribution in [-0.4, -0.2) is 64.5 Å². The maximum absolute atomic E-state index is 12.6. The van der Waals surface area contributed by atoms with E-state index in [-0.39, 0.29) is 54.3 Å². The lowest BCUT2D eigenvalue weighted by Gasteiger charge is -2.19. The van der Waals surface area contributed by atoms with Crippen LogP contribution in [-0.2, 0) is 19.1 Å². The van der Waals surface area contributed by atoms with Gasteiger partial charge in [-0.3, -0.25) is 24.2 Å². The van der Waals surface area contributed by atoms with E-state index in [1.807, 2.05) is 0 Å². The number of carbonyl (C=O) groups excluding carboxylic acids is 4. The van der Waals surface area contributed by atoms with E-state index in [1.54, 1.807) is 19.1 Å². The summed E-state index contributed by atoms with van der Waals surface area (Å²) in [6, 6.07) is 0. The van der Waals surface area contributed by atoms with Gasteiger partial charge in [-0.2, -0.15) is 0 Å². The monoisotopic (exact) mass is 411 g/mol. The SMILES string of the molecule is C=CC1=C(/C=C\C)C(=O)N(CC2CN(c3cnc4c(n3)NC(=O)CO4)C(=O)O2)C1=O. The Balaban J connectivity index is 1.49. The van der Waals surface area contributed by atoms with Crippen molar-refractivity contribution in [2.45, 2.75) is 13.0 Å². The molecule has 1 aromatic heterocycles. The van der Waals surface area contributed by atoms with Gasteiger partial charge in [0, 0.05) is 0 Å². The van der Waals surface area contributed by atoms with E-state index in [4.69, 9.17) is 9.47 Å². The minimum absolute atomic E-state index is 0.0422. The van der Waals surface area contributed by atoms with Gasteiger partial charge in [-0.25, -0.2) is 14.8 Å². The third-order valence-electron chi connectivity index (χ3n) is 4.64. The summed E-state index contributed by atoms with van der Waals surface area (Å²) in [4.78, 5) is 59.4. The molecule has 0 radical (unpaired) electrons. The van der Waals surface area contributed by atoms with Crippen molar-refractivity contribution in [3.8, 4) is 5.88 Å². The van der Waals surface area contributed by atoms with Gasteiger partial charge < -0.3 is 14.8 Å². The number of cyclic esters (lactones) is 1. The highest BCUT2D eigenvalue weighted by atomic mass is 16.6. The van der Waals surface area contributed by atoms with Gasteiger partial charge in [-0.05, 0) is 6.92 Å². The summed E-state index contributed by atoms with van der Waals surface area (Å²) in [5.74, 6) is -0.965. The Morgan fingerprint density at radius 1 is 1.27 bits per heavy atom. The quantitative estimate of drug-likeness (QED) is 0.696. The second-order valence-corrected chi connectivity index (χ2v) is 6.59. The van der Waals surface area contributed by atoms with Gasteiger partial charge >= 0.3 is 6.09 Å². The van der Waals surface area contributed by atoms with Crippen LogP contribution in [0, 0.1) is 0 Å². The smallest absolute Gasteiger partial charge is 0.416 e. The summed E-state index contributed by atoms with van der Waals surface area (Å²) < 4.78 is 10.5. The fraction of sp³-hybridized carbons (Fsp3) is 0.263. The number of rotatable bonds is 5. The molecule has 4 rings (SSSR count). The number of hydrogen-bond donors (Lipinski definition) is 1. The van der Waals surface area contributed by atoms with E-state index in [9.17, 15) is 19.2 Å². The van der Waals surface area contributed by atoms with Crippen LogP contribution in [0.25, 0.3) is 0 Å². The summed E-state index contributed by atoms with van der Waals surface area (Å²) in [6.45, 7) is 5.09. The Bertz CT molecular complexity index is 1050. The summed E-state index contributed by atoms with van der Waals surface area (Å²) >= 11 is 0. The highest BCUT2D eigenvalue weighted by Crippen LogP contribution is 2.29. The molecule has 0 saturated carbocycles. The molecule has 4 amide bonds. The van der Waals surface area contributed by atoms with Crippen LogP contribution in [0.2, 0.25) is 0 Å². The van der Waals surface area contributed by atoms with Gasteiger partial charge in [-0.15, -0.1) is 0 Å². The average Bonchev–Trinajstić information content (AvgIpc) is 3.20. The Labute approximate surface area is 170 Å². The lowest BCUT2D eigenvalue weighted by molar-refractivity contribution is -0.138. The molecular weight excluding hydrogens is 394 g/mol. The lowest BCUT2D eigenvalue weighted by Crippen LogP contribution is -2.39. The number of nitrogens with zero attached hydrogens (tertiary/aromatic N) is 4. The lowest BCUT2D eigenvalue weighted by atomic mass is 10.1. The molecule has 1 N–H and O–H groups in total. The normalized spacial score (nSPS) is 21.2. The molecule has 0 aromatic carbocycles. The number of carbonyl (C=O) groups is 4. The second-order valence-electron chi connectivity index (χ2n) is 6.59. The molecule has 0 bridgehead atoms. The van der Waals surface area contributed by atoms with Crippen molar-refractivity contribution in [3.05, 3.63) is 42.2 Å².